The van der Waals surface area contributed by atoms with Gasteiger partial charge in [0.15, 0.2) is 5.78 Å². The molecule has 0 saturated heterocycles. The molecule has 176 valence electrons. The first-order valence-electron chi connectivity index (χ1n) is 11.2. The summed E-state index contributed by atoms with van der Waals surface area (Å²) in [5.74, 6) is 0.0617. The van der Waals surface area contributed by atoms with Gasteiger partial charge in [0, 0.05) is 36.1 Å². The quantitative estimate of drug-likeness (QED) is 0.377. The van der Waals surface area contributed by atoms with Crippen molar-refractivity contribution in [2.75, 3.05) is 23.8 Å². The molecule has 0 aliphatic heterocycles. The number of hydrogen-bond donors (Lipinski definition) is 2. The van der Waals surface area contributed by atoms with Crippen LogP contribution in [0.4, 0.5) is 11.4 Å². The van der Waals surface area contributed by atoms with Crippen LogP contribution in [-0.2, 0) is 4.79 Å². The lowest BCUT2D eigenvalue weighted by molar-refractivity contribution is -0.116. The summed E-state index contributed by atoms with van der Waals surface area (Å²) in [6.45, 7) is 4.37. The Morgan fingerprint density at radius 2 is 1.18 bits per heavy atom. The summed E-state index contributed by atoms with van der Waals surface area (Å²) in [5, 5.41) is 5.65. The maximum Gasteiger partial charge on any atom is 0.255 e. The highest BCUT2D eigenvalue weighted by atomic mass is 16.5. The van der Waals surface area contributed by atoms with Crippen molar-refractivity contribution in [3.63, 3.8) is 0 Å². The van der Waals surface area contributed by atoms with Crippen LogP contribution in [0.2, 0.25) is 0 Å². The number of nitrogens with one attached hydrogen (secondary N) is 2. The lowest BCUT2D eigenvalue weighted by Gasteiger charge is -2.18. The Labute approximate surface area is 199 Å². The second-order valence-electron chi connectivity index (χ2n) is 7.37. The Morgan fingerprint density at radius 1 is 0.676 bits per heavy atom. The highest BCUT2D eigenvalue weighted by Crippen LogP contribution is 2.37. The summed E-state index contributed by atoms with van der Waals surface area (Å²) >= 11 is 0. The van der Waals surface area contributed by atoms with Crippen LogP contribution in [0, 0.1) is 0 Å². The Morgan fingerprint density at radius 3 is 1.71 bits per heavy atom. The minimum atomic E-state index is -0.325. The van der Waals surface area contributed by atoms with E-state index in [0.717, 1.165) is 0 Å². The topological polar surface area (TPSA) is 93.7 Å². The molecule has 0 aliphatic rings. The molecule has 0 heterocycles. The summed E-state index contributed by atoms with van der Waals surface area (Å²) in [6.07, 6.45) is 0.110. The van der Waals surface area contributed by atoms with E-state index < -0.39 is 0 Å². The van der Waals surface area contributed by atoms with Crippen LogP contribution in [0.1, 0.15) is 47.4 Å². The Bertz CT molecular complexity index is 1130. The average molecular weight is 461 g/mol. The summed E-state index contributed by atoms with van der Waals surface area (Å²) in [7, 11) is 0. The van der Waals surface area contributed by atoms with Crippen molar-refractivity contribution in [1.82, 2.24) is 0 Å². The van der Waals surface area contributed by atoms with Crippen molar-refractivity contribution in [2.24, 2.45) is 0 Å². The molecule has 2 amide bonds. The minimum absolute atomic E-state index is 0.0236. The zero-order valence-electron chi connectivity index (χ0n) is 19.3. The molecule has 7 heteroatoms. The summed E-state index contributed by atoms with van der Waals surface area (Å²) in [4.78, 5) is 37.6. The van der Waals surface area contributed by atoms with Crippen molar-refractivity contribution in [3.8, 4) is 11.5 Å². The van der Waals surface area contributed by atoms with E-state index in [2.05, 4.69) is 10.6 Å². The predicted octanol–water partition coefficient (Wildman–Crippen LogP) is 5.34. The molecule has 0 saturated carbocycles. The zero-order chi connectivity index (χ0) is 24.3. The van der Waals surface area contributed by atoms with Crippen molar-refractivity contribution in [3.05, 3.63) is 83.9 Å². The molecule has 0 unspecified atom stereocenters. The number of carbonyl (C=O) groups is 3. The monoisotopic (exact) mass is 460 g/mol. The van der Waals surface area contributed by atoms with Crippen molar-refractivity contribution in [1.29, 1.82) is 0 Å². The molecule has 0 fully saturated rings. The van der Waals surface area contributed by atoms with Crippen LogP contribution in [0.15, 0.2) is 72.8 Å². The number of anilines is 2. The van der Waals surface area contributed by atoms with Crippen LogP contribution < -0.4 is 20.1 Å². The molecule has 2 N–H and O–H groups in total. The maximum atomic E-state index is 12.7. The molecule has 3 aromatic carbocycles. The lowest BCUT2D eigenvalue weighted by atomic mass is 10.1. The first kappa shape index (κ1) is 24.5. The van der Waals surface area contributed by atoms with E-state index in [4.69, 9.17) is 9.47 Å². The third-order valence-corrected chi connectivity index (χ3v) is 4.91. The van der Waals surface area contributed by atoms with Crippen LogP contribution >= 0.6 is 0 Å². The van der Waals surface area contributed by atoms with Gasteiger partial charge in [-0.2, -0.15) is 0 Å². The standard InChI is InChI=1S/C27H28N2O5/c1-3-33-24-18-22(29-27(32)20-13-9-6-10-14-20)25(34-4-2)17-21(24)28-26(31)16-15-23(30)19-11-7-5-8-12-19/h5-14,17-18H,3-4,15-16H2,1-2H3,(H,28,31)(H,29,32). The molecule has 0 atom stereocenters. The second-order valence-corrected chi connectivity index (χ2v) is 7.37. The first-order chi connectivity index (χ1) is 16.5. The summed E-state index contributed by atoms with van der Waals surface area (Å²) < 4.78 is 11.4. The van der Waals surface area contributed by atoms with E-state index in [1.807, 2.05) is 26.0 Å². The van der Waals surface area contributed by atoms with Crippen LogP contribution in [0.3, 0.4) is 0 Å². The van der Waals surface area contributed by atoms with Gasteiger partial charge in [-0.1, -0.05) is 48.5 Å². The van der Waals surface area contributed by atoms with E-state index in [1.54, 1.807) is 60.7 Å². The largest absolute Gasteiger partial charge is 0.492 e. The summed E-state index contributed by atoms with van der Waals surface area (Å²) in [5.41, 5.74) is 1.90. The molecule has 0 bridgehead atoms. The van der Waals surface area contributed by atoms with Crippen molar-refractivity contribution in [2.45, 2.75) is 26.7 Å². The first-order valence-corrected chi connectivity index (χ1v) is 11.2. The number of ketones is 1. The zero-order valence-corrected chi connectivity index (χ0v) is 19.3. The molecule has 7 nitrogen and oxygen atoms in total. The Kier molecular flexibility index (Phi) is 8.80. The minimum Gasteiger partial charge on any atom is -0.492 e. The van der Waals surface area contributed by atoms with Gasteiger partial charge in [-0.25, -0.2) is 0 Å². The van der Waals surface area contributed by atoms with Gasteiger partial charge < -0.3 is 20.1 Å². The molecule has 0 aromatic heterocycles. The fourth-order valence-corrected chi connectivity index (χ4v) is 3.30. The highest BCUT2D eigenvalue weighted by molar-refractivity contribution is 6.06. The van der Waals surface area contributed by atoms with Crippen LogP contribution in [-0.4, -0.2) is 30.8 Å². The van der Waals surface area contributed by atoms with Crippen molar-refractivity contribution < 1.29 is 23.9 Å². The van der Waals surface area contributed by atoms with Gasteiger partial charge in [-0.15, -0.1) is 0 Å². The van der Waals surface area contributed by atoms with E-state index in [0.29, 0.717) is 47.2 Å². The number of amides is 2. The van der Waals surface area contributed by atoms with Gasteiger partial charge in [0.25, 0.3) is 5.91 Å². The van der Waals surface area contributed by atoms with Gasteiger partial charge in [0.2, 0.25) is 5.91 Å². The number of benzene rings is 3. The molecule has 3 aromatic rings. The van der Waals surface area contributed by atoms with Crippen LogP contribution in [0.5, 0.6) is 11.5 Å². The third kappa shape index (κ3) is 6.68. The maximum absolute atomic E-state index is 12.7. The van der Waals surface area contributed by atoms with E-state index in [1.165, 1.54) is 0 Å². The van der Waals surface area contributed by atoms with Gasteiger partial charge in [-0.3, -0.25) is 14.4 Å². The fraction of sp³-hybridized carbons (Fsp3) is 0.222. The highest BCUT2D eigenvalue weighted by Gasteiger charge is 2.17. The predicted molar refractivity (Wildman–Crippen MR) is 132 cm³/mol. The van der Waals surface area contributed by atoms with Gasteiger partial charge in [0.05, 0.1) is 24.6 Å². The number of hydrogen-bond acceptors (Lipinski definition) is 5. The molecule has 0 spiro atoms. The molecular formula is C27H28N2O5. The molecule has 3 rings (SSSR count). The molecule has 34 heavy (non-hydrogen) atoms. The van der Waals surface area contributed by atoms with E-state index in [-0.39, 0.29) is 30.4 Å². The Hall–Kier alpha value is -4.13. The molecule has 0 aliphatic carbocycles. The molecule has 0 radical (unpaired) electrons. The fourth-order valence-electron chi connectivity index (χ4n) is 3.30. The van der Waals surface area contributed by atoms with Gasteiger partial charge in [-0.05, 0) is 26.0 Å². The van der Waals surface area contributed by atoms with Gasteiger partial charge in [0.1, 0.15) is 11.5 Å². The lowest BCUT2D eigenvalue weighted by Crippen LogP contribution is -2.16. The third-order valence-electron chi connectivity index (χ3n) is 4.91. The molecular weight excluding hydrogens is 432 g/mol. The normalized spacial score (nSPS) is 10.3. The second kappa shape index (κ2) is 12.2. The number of carbonyl (C=O) groups excluding carboxylic acids is 3. The number of rotatable bonds is 11. The average Bonchev–Trinajstić information content (AvgIpc) is 2.86. The van der Waals surface area contributed by atoms with E-state index >= 15 is 0 Å². The van der Waals surface area contributed by atoms with E-state index in [9.17, 15) is 14.4 Å². The van der Waals surface area contributed by atoms with Gasteiger partial charge >= 0.3 is 0 Å². The van der Waals surface area contributed by atoms with Crippen LogP contribution in [0.25, 0.3) is 0 Å². The SMILES string of the molecule is CCOc1cc(NC(=O)c2ccccc2)c(OCC)cc1NC(=O)CCC(=O)c1ccccc1. The number of ether oxygens (including phenoxy) is 2. The Balaban J connectivity index is 1.76. The smallest absolute Gasteiger partial charge is 0.255 e. The summed E-state index contributed by atoms with van der Waals surface area (Å²) in [6, 6.07) is 20.9. The number of Topliss-reactive ketones (excluding diaryl/α,β-unsaturated/α-hetero) is 1. The van der Waals surface area contributed by atoms with Crippen molar-refractivity contribution >= 4 is 29.0 Å².